The number of aromatic nitrogens is 3. The zero-order valence-electron chi connectivity index (χ0n) is 29.5. The molecule has 8 rings (SSSR count). The molecule has 0 spiro atoms. The minimum atomic E-state index is 0. The third-order valence-corrected chi connectivity index (χ3v) is 9.37. The van der Waals surface area contributed by atoms with Gasteiger partial charge in [-0.3, -0.25) is 9.97 Å². The third-order valence-electron chi connectivity index (χ3n) is 9.37. The Balaban J connectivity index is 0.000000215. The van der Waals surface area contributed by atoms with Crippen LogP contribution in [0.5, 0.6) is 0 Å². The zero-order chi connectivity index (χ0) is 34.3. The molecule has 0 N–H and O–H groups in total. The molecule has 4 aromatic heterocycles. The van der Waals surface area contributed by atoms with Crippen molar-refractivity contribution in [2.45, 2.75) is 53.9 Å². The first-order valence-electron chi connectivity index (χ1n) is 16.7. The Morgan fingerprint density at radius 3 is 2.22 bits per heavy atom. The van der Waals surface area contributed by atoms with Crippen molar-refractivity contribution >= 4 is 32.6 Å². The summed E-state index contributed by atoms with van der Waals surface area (Å²) in [5.74, 6) is 0. The molecule has 251 valence electrons. The summed E-state index contributed by atoms with van der Waals surface area (Å²) in [5, 5.41) is 4.38. The van der Waals surface area contributed by atoms with E-state index in [2.05, 4.69) is 131 Å². The quantitative estimate of drug-likeness (QED) is 0.166. The van der Waals surface area contributed by atoms with Crippen LogP contribution in [0.15, 0.2) is 114 Å². The maximum absolute atomic E-state index is 5.65. The van der Waals surface area contributed by atoms with Crippen molar-refractivity contribution in [3.63, 3.8) is 0 Å². The minimum absolute atomic E-state index is 0. The van der Waals surface area contributed by atoms with Crippen LogP contribution in [0.3, 0.4) is 0 Å². The van der Waals surface area contributed by atoms with Crippen LogP contribution < -0.4 is 0 Å². The van der Waals surface area contributed by atoms with E-state index in [1.807, 2.05) is 36.7 Å². The van der Waals surface area contributed by atoms with E-state index in [0.717, 1.165) is 50.0 Å². The van der Waals surface area contributed by atoms with Gasteiger partial charge in [-0.05, 0) is 58.0 Å². The van der Waals surface area contributed by atoms with Gasteiger partial charge in [0.1, 0.15) is 0 Å². The first kappa shape index (κ1) is 34.9. The zero-order valence-corrected chi connectivity index (χ0v) is 31.9. The summed E-state index contributed by atoms with van der Waals surface area (Å²) in [6.07, 6.45) is 7.35. The average molecular weight is 830 g/mol. The van der Waals surface area contributed by atoms with Crippen LogP contribution in [0, 0.1) is 39.8 Å². The van der Waals surface area contributed by atoms with Crippen molar-refractivity contribution in [2.75, 3.05) is 0 Å². The van der Waals surface area contributed by atoms with Crippen molar-refractivity contribution < 1.29 is 24.5 Å². The number of hydrogen-bond acceptors (Lipinski definition) is 4. The van der Waals surface area contributed by atoms with Crippen LogP contribution in [0.1, 0.15) is 48.6 Å². The number of benzene rings is 4. The first-order chi connectivity index (χ1) is 23.6. The predicted molar refractivity (Wildman–Crippen MR) is 203 cm³/mol. The first-order valence-corrected chi connectivity index (χ1v) is 16.7. The van der Waals surface area contributed by atoms with Crippen LogP contribution in [0.4, 0.5) is 0 Å². The van der Waals surface area contributed by atoms with E-state index in [0.29, 0.717) is 0 Å². The maximum atomic E-state index is 5.65. The molecule has 5 heteroatoms. The summed E-state index contributed by atoms with van der Waals surface area (Å²) in [6.45, 7) is 15.2. The van der Waals surface area contributed by atoms with Crippen LogP contribution >= 0.6 is 0 Å². The van der Waals surface area contributed by atoms with Crippen molar-refractivity contribution in [2.24, 2.45) is 0 Å². The number of aryl methyl sites for hydroxylation is 4. The van der Waals surface area contributed by atoms with E-state index in [9.17, 15) is 0 Å². The fraction of sp³-hybridized carbons (Fsp3) is 0.178. The summed E-state index contributed by atoms with van der Waals surface area (Å²) >= 11 is 0. The van der Waals surface area contributed by atoms with Crippen molar-refractivity contribution in [1.82, 2.24) is 15.0 Å². The van der Waals surface area contributed by atoms with Crippen molar-refractivity contribution in [3.05, 3.63) is 150 Å². The second-order valence-corrected chi connectivity index (χ2v) is 13.9. The molecule has 4 heterocycles. The molecule has 0 amide bonds. The standard InChI is InChI=1S/C30H23N2O.C15H16N.Ir/c1-30(2,3)22-10-11-24-19(16-22)6-4-7-23(24)21-9-12-27(32-18-21)26-17-20-13-15-33-29(20)28-25(26)8-5-14-31-28;1-10-5-6-14(7-11(10)2)15-8-12(3)13(4)9-16-15;/h4-16,18H,1-3H3;5,7-9H,1-4H3;/q2*-1;. The minimum Gasteiger partial charge on any atom is -0.506 e. The second kappa shape index (κ2) is 14.1. The molecule has 0 fully saturated rings. The Morgan fingerprint density at radius 1 is 0.680 bits per heavy atom. The van der Waals surface area contributed by atoms with E-state index in [4.69, 9.17) is 9.40 Å². The van der Waals surface area contributed by atoms with Gasteiger partial charge in [0, 0.05) is 56.2 Å². The van der Waals surface area contributed by atoms with E-state index in [1.54, 1.807) is 12.5 Å². The Hall–Kier alpha value is -4.96. The molecule has 0 bridgehead atoms. The number of furan rings is 1. The number of hydrogen-bond donors (Lipinski definition) is 0. The molecule has 1 radical (unpaired) electrons. The van der Waals surface area contributed by atoms with Gasteiger partial charge in [-0.25, -0.2) is 0 Å². The second-order valence-electron chi connectivity index (χ2n) is 13.9. The normalized spacial score (nSPS) is 11.3. The van der Waals surface area contributed by atoms with E-state index in [1.165, 1.54) is 44.2 Å². The molecular weight excluding hydrogens is 791 g/mol. The van der Waals surface area contributed by atoms with Crippen LogP contribution in [-0.4, -0.2) is 15.0 Å². The van der Waals surface area contributed by atoms with Crippen molar-refractivity contribution in [3.8, 4) is 33.6 Å². The molecule has 0 unspecified atom stereocenters. The fourth-order valence-corrected chi connectivity index (χ4v) is 6.08. The summed E-state index contributed by atoms with van der Waals surface area (Å²) in [5.41, 5.74) is 14.3. The van der Waals surface area contributed by atoms with Crippen molar-refractivity contribution in [1.29, 1.82) is 0 Å². The molecule has 0 aliphatic rings. The van der Waals surface area contributed by atoms with E-state index in [-0.39, 0.29) is 25.5 Å². The number of rotatable bonds is 3. The Kier molecular flexibility index (Phi) is 9.84. The molecule has 4 nitrogen and oxygen atoms in total. The fourth-order valence-electron chi connectivity index (χ4n) is 6.08. The van der Waals surface area contributed by atoms with Gasteiger partial charge in [0.2, 0.25) is 0 Å². The van der Waals surface area contributed by atoms with E-state index >= 15 is 0 Å². The van der Waals surface area contributed by atoms with Gasteiger partial charge in [0.05, 0.1) is 5.58 Å². The Labute approximate surface area is 308 Å². The van der Waals surface area contributed by atoms with Crippen LogP contribution in [0.2, 0.25) is 0 Å². The van der Waals surface area contributed by atoms with Gasteiger partial charge in [-0.15, -0.1) is 41.0 Å². The third kappa shape index (κ3) is 6.89. The van der Waals surface area contributed by atoms with Crippen LogP contribution in [-0.2, 0) is 25.5 Å². The molecule has 0 atom stereocenters. The Bertz CT molecular complexity index is 2420. The van der Waals surface area contributed by atoms with Gasteiger partial charge in [0.25, 0.3) is 0 Å². The largest absolute Gasteiger partial charge is 0.506 e. The molecule has 4 aromatic carbocycles. The molecule has 0 aliphatic heterocycles. The average Bonchev–Trinajstić information content (AvgIpc) is 3.59. The monoisotopic (exact) mass is 830 g/mol. The summed E-state index contributed by atoms with van der Waals surface area (Å²) in [6, 6.07) is 36.4. The summed E-state index contributed by atoms with van der Waals surface area (Å²) in [4.78, 5) is 13.8. The van der Waals surface area contributed by atoms with Gasteiger partial charge < -0.3 is 9.40 Å². The summed E-state index contributed by atoms with van der Waals surface area (Å²) < 4.78 is 5.65. The molecule has 0 aliphatic carbocycles. The van der Waals surface area contributed by atoms with Gasteiger partial charge in [-0.1, -0.05) is 129 Å². The molecular formula is C45H39IrN3O-2. The number of pyridine rings is 3. The SMILES string of the molecule is CC(C)(C)c1ccc2c(-c3ccc(-c4[c-]c5ccoc5c5ncccc45)nc3)cccc2c1.Cc1c[c-]c(-c2cc(C)c(C)cn2)cc1C.[Ir]. The Morgan fingerprint density at radius 2 is 1.48 bits per heavy atom. The van der Waals surface area contributed by atoms with Gasteiger partial charge >= 0.3 is 0 Å². The van der Waals surface area contributed by atoms with Crippen LogP contribution in [0.25, 0.3) is 66.3 Å². The maximum Gasteiger partial charge on any atom is 0.0847 e. The molecule has 8 aromatic rings. The van der Waals surface area contributed by atoms with Gasteiger partial charge in [0.15, 0.2) is 0 Å². The topological polar surface area (TPSA) is 51.8 Å². The predicted octanol–water partition coefficient (Wildman–Crippen LogP) is 11.7. The number of nitrogens with zero attached hydrogens (tertiary/aromatic N) is 3. The van der Waals surface area contributed by atoms with Gasteiger partial charge in [-0.2, -0.15) is 0 Å². The number of fused-ring (bicyclic) bond motifs is 4. The molecule has 0 saturated carbocycles. The summed E-state index contributed by atoms with van der Waals surface area (Å²) in [7, 11) is 0. The smallest absolute Gasteiger partial charge is 0.0847 e. The molecule has 0 saturated heterocycles. The molecule has 50 heavy (non-hydrogen) atoms. The van der Waals surface area contributed by atoms with E-state index < -0.39 is 0 Å².